The van der Waals surface area contributed by atoms with Gasteiger partial charge < -0.3 is 23.7 Å². The summed E-state index contributed by atoms with van der Waals surface area (Å²) in [6.45, 7) is 2.75. The Kier molecular flexibility index (Phi) is 14.4. The van der Waals surface area contributed by atoms with Crippen molar-refractivity contribution >= 4 is 11.6 Å². The van der Waals surface area contributed by atoms with Gasteiger partial charge in [0.05, 0.1) is 63.7 Å². The highest BCUT2D eigenvalue weighted by Gasteiger charge is 2.63. The van der Waals surface area contributed by atoms with E-state index in [0.29, 0.717) is 23.6 Å². The average Bonchev–Trinajstić information content (AvgIpc) is 3.25. The van der Waals surface area contributed by atoms with Crippen molar-refractivity contribution in [2.45, 2.75) is 69.9 Å². The topological polar surface area (TPSA) is 46.2 Å². The summed E-state index contributed by atoms with van der Waals surface area (Å²) >= 11 is 6.83. The zero-order valence-corrected chi connectivity index (χ0v) is 33.4. The molecule has 0 aliphatic heterocycles. The second kappa shape index (κ2) is 20.2. The number of hydrogen-bond acceptors (Lipinski definition) is 5. The van der Waals surface area contributed by atoms with Gasteiger partial charge in [-0.15, -0.1) is 0 Å². The van der Waals surface area contributed by atoms with E-state index >= 15 is 8.78 Å². The fourth-order valence-electron chi connectivity index (χ4n) is 7.68. The van der Waals surface area contributed by atoms with Crippen LogP contribution in [0.3, 0.4) is 0 Å². The molecule has 0 N–H and O–H groups in total. The predicted octanol–water partition coefficient (Wildman–Crippen LogP) is 11.7. The van der Waals surface area contributed by atoms with Gasteiger partial charge in [0.2, 0.25) is 0 Å². The summed E-state index contributed by atoms with van der Waals surface area (Å²) in [6, 6.07) is 51.4. The molecule has 7 rings (SSSR count). The van der Waals surface area contributed by atoms with Crippen LogP contribution in [0.1, 0.15) is 51.8 Å². The fourth-order valence-corrected chi connectivity index (χ4v) is 7.86. The van der Waals surface area contributed by atoms with Crippen molar-refractivity contribution in [3.05, 3.63) is 208 Å². The molecule has 6 aromatic carbocycles. The van der Waals surface area contributed by atoms with Gasteiger partial charge in [0.15, 0.2) is 0 Å². The Bertz CT molecular complexity index is 2120. The van der Waals surface area contributed by atoms with Crippen molar-refractivity contribution in [3.63, 3.8) is 0 Å². The number of ether oxygens (including phenoxy) is 5. The van der Waals surface area contributed by atoms with Crippen molar-refractivity contribution in [3.8, 4) is 5.75 Å². The molecule has 0 aromatic heterocycles. The summed E-state index contributed by atoms with van der Waals surface area (Å²) in [5.74, 6) is -5.49. The van der Waals surface area contributed by atoms with E-state index < -0.39 is 36.1 Å². The smallest absolute Gasteiger partial charge is 0.265 e. The lowest BCUT2D eigenvalue weighted by atomic mass is 9.69. The second-order valence-electron chi connectivity index (χ2n) is 14.6. The highest BCUT2D eigenvalue weighted by Crippen LogP contribution is 2.52. The largest absolute Gasteiger partial charge is 0.494 e. The van der Waals surface area contributed by atoms with Crippen LogP contribution in [0, 0.1) is 5.92 Å². The Morgan fingerprint density at radius 2 is 1.02 bits per heavy atom. The second-order valence-corrected chi connectivity index (χ2v) is 15.1. The summed E-state index contributed by atoms with van der Waals surface area (Å²) in [4.78, 5) is 0. The van der Waals surface area contributed by atoms with Gasteiger partial charge in [-0.25, -0.2) is 8.78 Å². The van der Waals surface area contributed by atoms with Gasteiger partial charge in [0.1, 0.15) is 11.9 Å². The van der Waals surface area contributed by atoms with Crippen molar-refractivity contribution in [1.29, 1.82) is 0 Å². The molecule has 0 heterocycles. The van der Waals surface area contributed by atoms with E-state index in [9.17, 15) is 0 Å². The number of benzene rings is 6. The molecule has 5 nitrogen and oxygen atoms in total. The summed E-state index contributed by atoms with van der Waals surface area (Å²) < 4.78 is 68.2. The molecule has 0 spiro atoms. The molecule has 1 saturated carbocycles. The molecule has 6 aromatic rings. The third-order valence-corrected chi connectivity index (χ3v) is 11.0. The van der Waals surface area contributed by atoms with Gasteiger partial charge in [-0.1, -0.05) is 157 Å². The normalized spacial score (nSPS) is 20.1. The Balaban J connectivity index is 1.31. The molecule has 300 valence electrons. The number of alkyl halides is 2. The fraction of sp³-hybridized carbons (Fsp3) is 0.280. The van der Waals surface area contributed by atoms with Crippen LogP contribution in [0.2, 0.25) is 5.02 Å². The van der Waals surface area contributed by atoms with Crippen molar-refractivity contribution in [2.75, 3.05) is 13.2 Å². The van der Waals surface area contributed by atoms with Crippen molar-refractivity contribution < 1.29 is 32.5 Å². The third kappa shape index (κ3) is 10.6. The van der Waals surface area contributed by atoms with E-state index in [1.165, 1.54) is 0 Å². The quantitative estimate of drug-likeness (QED) is 0.0866. The standard InChI is InChI=1S/C50H49ClF2O5/c1-2-55-43-26-23-36(24-27-43)29-42-30-41(25-28-45(42)51)46-48(57-33-39-19-11-5-12-20-39)49(58-34-40-21-13-6-14-22-40)47(56-32-38-17-9-4-10-18-38)44(50(46,52)53)35-54-31-37-15-7-3-8-16-37/h3-28,30,44,46-49H,2,29,31-35H2,1H3. The summed E-state index contributed by atoms with van der Waals surface area (Å²) in [6.07, 6.45) is -2.73. The lowest BCUT2D eigenvalue weighted by Crippen LogP contribution is -2.63. The van der Waals surface area contributed by atoms with Crippen molar-refractivity contribution in [1.82, 2.24) is 0 Å². The van der Waals surface area contributed by atoms with Gasteiger partial charge in [-0.2, -0.15) is 0 Å². The minimum Gasteiger partial charge on any atom is -0.494 e. The maximum atomic E-state index is 18.1. The first kappa shape index (κ1) is 41.3. The highest BCUT2D eigenvalue weighted by atomic mass is 35.5. The summed E-state index contributed by atoms with van der Waals surface area (Å²) in [7, 11) is 0. The maximum Gasteiger partial charge on any atom is 0.265 e. The van der Waals surface area contributed by atoms with Crippen LogP contribution >= 0.6 is 11.6 Å². The van der Waals surface area contributed by atoms with E-state index in [4.69, 9.17) is 35.3 Å². The first-order chi connectivity index (χ1) is 28.4. The number of hydrogen-bond donors (Lipinski definition) is 0. The van der Waals surface area contributed by atoms with Crippen LogP contribution in [0.15, 0.2) is 164 Å². The molecule has 1 aliphatic carbocycles. The van der Waals surface area contributed by atoms with E-state index in [1.54, 1.807) is 18.2 Å². The third-order valence-electron chi connectivity index (χ3n) is 10.6. The minimum absolute atomic E-state index is 0.0937. The monoisotopic (exact) mass is 802 g/mol. The number of rotatable bonds is 18. The van der Waals surface area contributed by atoms with Gasteiger partial charge in [0, 0.05) is 5.02 Å². The molecule has 58 heavy (non-hydrogen) atoms. The first-order valence-electron chi connectivity index (χ1n) is 19.8. The first-order valence-corrected chi connectivity index (χ1v) is 20.2. The van der Waals surface area contributed by atoms with Crippen LogP contribution in [0.5, 0.6) is 5.75 Å². The van der Waals surface area contributed by atoms with E-state index in [2.05, 4.69) is 0 Å². The molecule has 5 atom stereocenters. The lowest BCUT2D eigenvalue weighted by molar-refractivity contribution is -0.271. The van der Waals surface area contributed by atoms with E-state index in [-0.39, 0.29) is 33.0 Å². The minimum atomic E-state index is -3.39. The van der Waals surface area contributed by atoms with Crippen molar-refractivity contribution in [2.24, 2.45) is 5.92 Å². The van der Waals surface area contributed by atoms with Crippen LogP contribution in [-0.4, -0.2) is 37.4 Å². The van der Waals surface area contributed by atoms with E-state index in [1.807, 2.05) is 153 Å². The molecular weight excluding hydrogens is 754 g/mol. The van der Waals surface area contributed by atoms with Crippen LogP contribution in [0.25, 0.3) is 0 Å². The average molecular weight is 803 g/mol. The van der Waals surface area contributed by atoms with Crippen LogP contribution in [0.4, 0.5) is 8.78 Å². The van der Waals surface area contributed by atoms with Crippen LogP contribution in [-0.2, 0) is 51.8 Å². The van der Waals surface area contributed by atoms with Gasteiger partial charge in [-0.3, -0.25) is 0 Å². The molecule has 1 fully saturated rings. The van der Waals surface area contributed by atoms with Gasteiger partial charge in [-0.05, 0) is 70.5 Å². The van der Waals surface area contributed by atoms with E-state index in [0.717, 1.165) is 39.1 Å². The van der Waals surface area contributed by atoms with Gasteiger partial charge in [0.25, 0.3) is 5.92 Å². The lowest BCUT2D eigenvalue weighted by Gasteiger charge is -2.50. The van der Waals surface area contributed by atoms with Gasteiger partial charge >= 0.3 is 0 Å². The number of halogens is 3. The Morgan fingerprint density at radius 1 is 0.534 bits per heavy atom. The summed E-state index contributed by atoms with van der Waals surface area (Å²) in [5.41, 5.74) is 5.60. The molecule has 0 saturated heterocycles. The Morgan fingerprint density at radius 3 is 1.53 bits per heavy atom. The molecule has 0 bridgehead atoms. The SMILES string of the molecule is CCOc1ccc(Cc2cc(C3C(OCc4ccccc4)C(OCc4ccccc4)C(OCc4ccccc4)C(COCc4ccccc4)C3(F)F)ccc2Cl)cc1. The molecule has 0 radical (unpaired) electrons. The Hall–Kier alpha value is -4.89. The maximum absolute atomic E-state index is 18.1. The highest BCUT2D eigenvalue weighted by molar-refractivity contribution is 6.31. The zero-order chi connectivity index (χ0) is 40.2. The molecule has 1 aliphatic rings. The predicted molar refractivity (Wildman–Crippen MR) is 224 cm³/mol. The molecule has 5 unspecified atom stereocenters. The summed E-state index contributed by atoms with van der Waals surface area (Å²) in [5, 5.41) is 0.488. The zero-order valence-electron chi connectivity index (χ0n) is 32.6. The Labute approximate surface area is 345 Å². The molecular formula is C50H49ClF2O5. The molecule has 0 amide bonds. The van der Waals surface area contributed by atoms with Crippen LogP contribution < -0.4 is 4.74 Å². The molecule has 8 heteroatoms.